The molecule has 0 bridgehead atoms. The van der Waals surface area contributed by atoms with Gasteiger partial charge in [-0.1, -0.05) is 0 Å². The first kappa shape index (κ1) is 10.4. The highest BCUT2D eigenvalue weighted by Gasteiger charge is 2.28. The molecule has 0 unspecified atom stereocenters. The highest BCUT2D eigenvalue weighted by molar-refractivity contribution is 7.86. The molecule has 2 heterocycles. The van der Waals surface area contributed by atoms with E-state index in [9.17, 15) is 8.42 Å². The van der Waals surface area contributed by atoms with Crippen molar-refractivity contribution in [2.75, 3.05) is 13.7 Å². The number of hydrogen-bond donors (Lipinski definition) is 1. The zero-order valence-electron chi connectivity index (χ0n) is 7.95. The number of ether oxygens (including phenoxy) is 2. The van der Waals surface area contributed by atoms with Crippen molar-refractivity contribution in [3.05, 3.63) is 6.20 Å². The number of methoxy groups -OCH3 is 1. The van der Waals surface area contributed by atoms with Gasteiger partial charge in [0.15, 0.2) is 4.90 Å². The second kappa shape index (κ2) is 3.47. The largest absolute Gasteiger partial charge is 0.474 e. The van der Waals surface area contributed by atoms with Crippen LogP contribution in [0.3, 0.4) is 0 Å². The third-order valence-corrected chi connectivity index (χ3v) is 2.99. The molecule has 8 heteroatoms. The molecular weight excluding hydrogens is 224 g/mol. The average Bonchev–Trinajstić information content (AvgIpc) is 2.59. The summed E-state index contributed by atoms with van der Waals surface area (Å²) in [6.07, 6.45) is 0.898. The summed E-state index contributed by atoms with van der Waals surface area (Å²) in [5.74, 6) is 0.0609. The molecule has 0 fully saturated rings. The fraction of sp³-hybridized carbons (Fsp3) is 0.571. The maximum atomic E-state index is 10.9. The van der Waals surface area contributed by atoms with E-state index in [0.717, 1.165) is 6.20 Å². The average molecular weight is 234 g/mol. The lowest BCUT2D eigenvalue weighted by atomic mass is 10.3. The Labute approximate surface area is 86.3 Å². The molecule has 1 aliphatic heterocycles. The molecule has 1 aromatic heterocycles. The Morgan fingerprint density at radius 2 is 2.47 bits per heavy atom. The van der Waals surface area contributed by atoms with Crippen molar-refractivity contribution in [2.24, 2.45) is 0 Å². The molecule has 0 spiro atoms. The van der Waals surface area contributed by atoms with Crippen LogP contribution in [0, 0.1) is 0 Å². The van der Waals surface area contributed by atoms with Crippen molar-refractivity contribution in [3.63, 3.8) is 0 Å². The molecule has 7 nitrogen and oxygen atoms in total. The molecule has 1 N–H and O–H groups in total. The molecule has 1 aliphatic rings. The molecule has 0 radical (unpaired) electrons. The summed E-state index contributed by atoms with van der Waals surface area (Å²) in [6.45, 7) is 0.645. The lowest BCUT2D eigenvalue weighted by Crippen LogP contribution is -2.32. The van der Waals surface area contributed by atoms with E-state index in [-0.39, 0.29) is 23.5 Å². The molecule has 0 aliphatic carbocycles. The summed E-state index contributed by atoms with van der Waals surface area (Å²) >= 11 is 0. The maximum Gasteiger partial charge on any atom is 0.301 e. The Balaban J connectivity index is 2.38. The van der Waals surface area contributed by atoms with Crippen LogP contribution in [-0.4, -0.2) is 42.6 Å². The Bertz CT molecular complexity index is 466. The monoisotopic (exact) mass is 234 g/mol. The minimum Gasteiger partial charge on any atom is -0.474 e. The standard InChI is InChI=1S/C7H10N2O5S/c1-13-5-3-9-7(14-4-5)6(2-8-9)15(10,11)12/h2,5H,3-4H2,1H3,(H,10,11,12)/t5-/m1/s1. The second-order valence-corrected chi connectivity index (χ2v) is 4.53. The van der Waals surface area contributed by atoms with E-state index < -0.39 is 10.1 Å². The Morgan fingerprint density at radius 3 is 3.07 bits per heavy atom. The van der Waals surface area contributed by atoms with Crippen molar-refractivity contribution in [1.82, 2.24) is 9.78 Å². The fourth-order valence-electron chi connectivity index (χ4n) is 1.37. The molecule has 0 aromatic carbocycles. The third-order valence-electron chi connectivity index (χ3n) is 2.15. The zero-order chi connectivity index (χ0) is 11.1. The van der Waals surface area contributed by atoms with E-state index in [1.165, 1.54) is 11.8 Å². The smallest absolute Gasteiger partial charge is 0.301 e. The number of aromatic nitrogens is 2. The highest BCUT2D eigenvalue weighted by atomic mass is 32.2. The summed E-state index contributed by atoms with van der Waals surface area (Å²) in [5, 5.41) is 3.79. The summed E-state index contributed by atoms with van der Waals surface area (Å²) in [7, 11) is -2.74. The van der Waals surface area contributed by atoms with Gasteiger partial charge in [-0.3, -0.25) is 4.55 Å². The van der Waals surface area contributed by atoms with Crippen molar-refractivity contribution in [2.45, 2.75) is 17.5 Å². The van der Waals surface area contributed by atoms with E-state index in [0.29, 0.717) is 6.54 Å². The molecule has 15 heavy (non-hydrogen) atoms. The van der Waals surface area contributed by atoms with Gasteiger partial charge in [0.05, 0.1) is 12.7 Å². The Hall–Kier alpha value is -1.12. The minimum atomic E-state index is -4.27. The maximum absolute atomic E-state index is 10.9. The van der Waals surface area contributed by atoms with Crippen molar-refractivity contribution in [1.29, 1.82) is 0 Å². The van der Waals surface area contributed by atoms with E-state index in [1.54, 1.807) is 0 Å². The van der Waals surface area contributed by atoms with E-state index in [2.05, 4.69) is 5.10 Å². The zero-order valence-corrected chi connectivity index (χ0v) is 8.77. The van der Waals surface area contributed by atoms with Crippen molar-refractivity contribution < 1.29 is 22.4 Å². The predicted octanol–water partition coefficient (Wildman–Crippen LogP) is -0.463. The van der Waals surface area contributed by atoms with Gasteiger partial charge in [0.2, 0.25) is 5.88 Å². The number of fused-ring (bicyclic) bond motifs is 1. The lowest BCUT2D eigenvalue weighted by molar-refractivity contribution is 0.0164. The van der Waals surface area contributed by atoms with Crippen LogP contribution < -0.4 is 4.74 Å². The van der Waals surface area contributed by atoms with E-state index >= 15 is 0 Å². The molecule has 0 saturated carbocycles. The number of nitrogens with zero attached hydrogens (tertiary/aromatic N) is 2. The Kier molecular flexibility index (Phi) is 2.41. The first-order chi connectivity index (χ1) is 7.02. The van der Waals surface area contributed by atoms with Gasteiger partial charge < -0.3 is 9.47 Å². The normalized spacial score (nSPS) is 20.8. The third kappa shape index (κ3) is 1.83. The summed E-state index contributed by atoms with van der Waals surface area (Å²) < 4.78 is 42.2. The van der Waals surface area contributed by atoms with Crippen LogP contribution in [0.2, 0.25) is 0 Å². The van der Waals surface area contributed by atoms with Crippen molar-refractivity contribution >= 4 is 10.1 Å². The SMILES string of the molecule is CO[C@H]1COc2c(S(=O)(=O)O)cnn2C1. The van der Waals surface area contributed by atoms with Gasteiger partial charge in [0.1, 0.15) is 12.7 Å². The Morgan fingerprint density at radius 1 is 1.73 bits per heavy atom. The van der Waals surface area contributed by atoms with Gasteiger partial charge in [0, 0.05) is 7.11 Å². The van der Waals surface area contributed by atoms with Gasteiger partial charge in [0.25, 0.3) is 0 Å². The van der Waals surface area contributed by atoms with Crippen LogP contribution in [0.4, 0.5) is 0 Å². The topological polar surface area (TPSA) is 90.7 Å². The molecule has 2 rings (SSSR count). The summed E-state index contributed by atoms with van der Waals surface area (Å²) in [5.41, 5.74) is 0. The van der Waals surface area contributed by atoms with Gasteiger partial charge in [-0.15, -0.1) is 0 Å². The second-order valence-electron chi connectivity index (χ2n) is 3.14. The van der Waals surface area contributed by atoms with Crippen LogP contribution in [0.25, 0.3) is 0 Å². The van der Waals surface area contributed by atoms with Gasteiger partial charge in [-0.2, -0.15) is 13.5 Å². The van der Waals surface area contributed by atoms with Gasteiger partial charge in [-0.25, -0.2) is 4.68 Å². The molecular formula is C7H10N2O5S. The first-order valence-electron chi connectivity index (χ1n) is 4.21. The van der Waals surface area contributed by atoms with Crippen LogP contribution in [0.1, 0.15) is 0 Å². The minimum absolute atomic E-state index is 0.0609. The molecule has 1 atom stereocenters. The number of hydrogen-bond acceptors (Lipinski definition) is 5. The lowest BCUT2D eigenvalue weighted by Gasteiger charge is -2.22. The summed E-state index contributed by atoms with van der Waals surface area (Å²) in [4.78, 5) is -0.308. The van der Waals surface area contributed by atoms with Crippen molar-refractivity contribution in [3.8, 4) is 5.88 Å². The number of rotatable bonds is 2. The van der Waals surface area contributed by atoms with E-state index in [4.69, 9.17) is 14.0 Å². The first-order valence-corrected chi connectivity index (χ1v) is 5.65. The molecule has 0 amide bonds. The van der Waals surface area contributed by atoms with Gasteiger partial charge >= 0.3 is 10.1 Å². The van der Waals surface area contributed by atoms with Crippen LogP contribution >= 0.6 is 0 Å². The fourth-order valence-corrected chi connectivity index (χ4v) is 1.93. The van der Waals surface area contributed by atoms with Crippen LogP contribution in [0.5, 0.6) is 5.88 Å². The molecule has 84 valence electrons. The van der Waals surface area contributed by atoms with E-state index in [1.807, 2.05) is 0 Å². The molecule has 1 aromatic rings. The van der Waals surface area contributed by atoms with Gasteiger partial charge in [-0.05, 0) is 0 Å². The quantitative estimate of drug-likeness (QED) is 0.696. The van der Waals surface area contributed by atoms with Crippen LogP contribution in [-0.2, 0) is 21.4 Å². The molecule has 0 saturated heterocycles. The summed E-state index contributed by atoms with van der Waals surface area (Å²) in [6, 6.07) is 0. The van der Waals surface area contributed by atoms with Crippen LogP contribution in [0.15, 0.2) is 11.1 Å². The highest BCUT2D eigenvalue weighted by Crippen LogP contribution is 2.26. The predicted molar refractivity (Wildman–Crippen MR) is 48.3 cm³/mol.